The molecule has 6 heteroatoms. The lowest BCUT2D eigenvalue weighted by atomic mass is 9.89. The number of nitrogens with one attached hydrogen (secondary N) is 2. The minimum Gasteiger partial charge on any atom is -0.381 e. The van der Waals surface area contributed by atoms with E-state index in [1.807, 2.05) is 17.1 Å². The van der Waals surface area contributed by atoms with Gasteiger partial charge in [0.15, 0.2) is 0 Å². The third-order valence-electron chi connectivity index (χ3n) is 5.19. The van der Waals surface area contributed by atoms with Crippen LogP contribution in [0.4, 0.5) is 0 Å². The lowest BCUT2D eigenvalue weighted by Crippen LogP contribution is -2.52. The maximum absolute atomic E-state index is 11.9. The monoisotopic (exact) mass is 320 g/mol. The van der Waals surface area contributed by atoms with Crippen LogP contribution in [0.1, 0.15) is 57.1 Å². The fourth-order valence-corrected chi connectivity index (χ4v) is 3.78. The number of hydrogen-bond donors (Lipinski definition) is 2. The number of aryl methyl sites for hydroxylation is 1. The zero-order valence-corrected chi connectivity index (χ0v) is 14.1. The van der Waals surface area contributed by atoms with Crippen LogP contribution < -0.4 is 10.6 Å². The molecule has 1 amide bonds. The van der Waals surface area contributed by atoms with E-state index >= 15 is 0 Å². The topological polar surface area (TPSA) is 68.2 Å². The molecule has 2 aliphatic rings. The van der Waals surface area contributed by atoms with Gasteiger partial charge in [-0.25, -0.2) is 0 Å². The number of carbonyl (C=O) groups excluding carboxylic acids is 1. The molecule has 0 bridgehead atoms. The zero-order valence-electron chi connectivity index (χ0n) is 14.1. The first-order chi connectivity index (χ1) is 11.2. The number of amides is 1. The van der Waals surface area contributed by atoms with Gasteiger partial charge in [-0.05, 0) is 39.0 Å². The van der Waals surface area contributed by atoms with Crippen molar-refractivity contribution in [2.45, 2.75) is 76.2 Å². The van der Waals surface area contributed by atoms with E-state index < -0.39 is 0 Å². The Hall–Kier alpha value is -1.40. The molecule has 0 unspecified atom stereocenters. The summed E-state index contributed by atoms with van der Waals surface area (Å²) in [6, 6.07) is 0.827. The Morgan fingerprint density at radius 2 is 2.13 bits per heavy atom. The molecule has 128 valence electrons. The lowest BCUT2D eigenvalue weighted by Gasteiger charge is -2.37. The molecule has 1 aromatic rings. The standard InChI is InChI=1S/C17H28N4O2/c1-3-21-11-12(10-18-21)17-15(8-9-16(22)20-17)19-13-4-6-14(23-2)7-5-13/h10-11,13-15,17,19H,3-9H2,1-2H3,(H,20,22)/t13?,14?,15-,17+/m1/s1. The van der Waals surface area contributed by atoms with Crippen molar-refractivity contribution >= 4 is 5.91 Å². The highest BCUT2D eigenvalue weighted by Gasteiger charge is 2.33. The molecule has 1 aromatic heterocycles. The summed E-state index contributed by atoms with van der Waals surface area (Å²) in [5, 5.41) is 11.3. The summed E-state index contributed by atoms with van der Waals surface area (Å²) in [7, 11) is 1.80. The number of ether oxygens (including phenoxy) is 1. The molecule has 0 aromatic carbocycles. The Bertz CT molecular complexity index is 522. The molecule has 0 spiro atoms. The fraction of sp³-hybridized carbons (Fsp3) is 0.765. The second-order valence-corrected chi connectivity index (χ2v) is 6.70. The van der Waals surface area contributed by atoms with Crippen LogP contribution in [0.15, 0.2) is 12.4 Å². The minimum absolute atomic E-state index is 0.0247. The Balaban J connectivity index is 1.65. The van der Waals surface area contributed by atoms with E-state index in [1.165, 1.54) is 0 Å². The van der Waals surface area contributed by atoms with Gasteiger partial charge in [0, 0.05) is 43.9 Å². The number of rotatable bonds is 5. The van der Waals surface area contributed by atoms with Crippen LogP contribution in [0.5, 0.6) is 0 Å². The van der Waals surface area contributed by atoms with Crippen molar-refractivity contribution in [2.75, 3.05) is 7.11 Å². The Morgan fingerprint density at radius 3 is 2.78 bits per heavy atom. The Morgan fingerprint density at radius 1 is 1.35 bits per heavy atom. The van der Waals surface area contributed by atoms with Crippen LogP contribution >= 0.6 is 0 Å². The lowest BCUT2D eigenvalue weighted by molar-refractivity contribution is -0.124. The van der Waals surface area contributed by atoms with Gasteiger partial charge in [-0.3, -0.25) is 9.48 Å². The normalized spacial score (nSPS) is 31.8. The summed E-state index contributed by atoms with van der Waals surface area (Å²) in [5.41, 5.74) is 1.10. The van der Waals surface area contributed by atoms with Crippen LogP contribution in [0.2, 0.25) is 0 Å². The number of piperidine rings is 1. The number of methoxy groups -OCH3 is 1. The molecule has 1 aliphatic heterocycles. The molecule has 0 radical (unpaired) electrons. The smallest absolute Gasteiger partial charge is 0.220 e. The minimum atomic E-state index is 0.0247. The first-order valence-electron chi connectivity index (χ1n) is 8.80. The molecule has 2 heterocycles. The number of carbonyl (C=O) groups is 1. The van der Waals surface area contributed by atoms with Crippen LogP contribution in [-0.2, 0) is 16.1 Å². The maximum atomic E-state index is 11.9. The molecule has 1 saturated carbocycles. The van der Waals surface area contributed by atoms with Crippen LogP contribution in [0, 0.1) is 0 Å². The molecular formula is C17H28N4O2. The van der Waals surface area contributed by atoms with Gasteiger partial charge < -0.3 is 15.4 Å². The highest BCUT2D eigenvalue weighted by atomic mass is 16.5. The van der Waals surface area contributed by atoms with Gasteiger partial charge in [-0.15, -0.1) is 0 Å². The largest absolute Gasteiger partial charge is 0.381 e. The van der Waals surface area contributed by atoms with Crippen LogP contribution in [0.3, 0.4) is 0 Å². The van der Waals surface area contributed by atoms with Gasteiger partial charge >= 0.3 is 0 Å². The number of aromatic nitrogens is 2. The van der Waals surface area contributed by atoms with E-state index in [1.54, 1.807) is 7.11 Å². The summed E-state index contributed by atoms with van der Waals surface area (Å²) in [6.07, 6.45) is 10.4. The van der Waals surface area contributed by atoms with E-state index in [9.17, 15) is 4.79 Å². The predicted octanol–water partition coefficient (Wildman–Crippen LogP) is 1.77. The van der Waals surface area contributed by atoms with Crippen molar-refractivity contribution in [1.29, 1.82) is 0 Å². The van der Waals surface area contributed by atoms with Gasteiger partial charge in [-0.2, -0.15) is 5.10 Å². The molecule has 2 N–H and O–H groups in total. The molecule has 2 fully saturated rings. The molecule has 1 aliphatic carbocycles. The average Bonchev–Trinajstić information content (AvgIpc) is 3.06. The van der Waals surface area contributed by atoms with Crippen molar-refractivity contribution in [2.24, 2.45) is 0 Å². The molecule has 1 saturated heterocycles. The average molecular weight is 320 g/mol. The Labute approximate surface area is 138 Å². The highest BCUT2D eigenvalue weighted by molar-refractivity contribution is 5.77. The van der Waals surface area contributed by atoms with Crippen LogP contribution in [0.25, 0.3) is 0 Å². The second kappa shape index (κ2) is 7.45. The molecule has 23 heavy (non-hydrogen) atoms. The zero-order chi connectivity index (χ0) is 16.2. The SMILES string of the molecule is CCn1cc([C@@H]2NC(=O)CC[C@H]2NC2CCC(OC)CC2)cn1. The molecule has 3 rings (SSSR count). The predicted molar refractivity (Wildman–Crippen MR) is 88.0 cm³/mol. The van der Waals surface area contributed by atoms with Crippen molar-refractivity contribution in [3.05, 3.63) is 18.0 Å². The first-order valence-corrected chi connectivity index (χ1v) is 8.80. The Kier molecular flexibility index (Phi) is 5.33. The maximum Gasteiger partial charge on any atom is 0.220 e. The van der Waals surface area contributed by atoms with Crippen molar-refractivity contribution in [1.82, 2.24) is 20.4 Å². The van der Waals surface area contributed by atoms with E-state index in [-0.39, 0.29) is 18.0 Å². The molecular weight excluding hydrogens is 292 g/mol. The number of nitrogens with zero attached hydrogens (tertiary/aromatic N) is 2. The number of hydrogen-bond acceptors (Lipinski definition) is 4. The van der Waals surface area contributed by atoms with Gasteiger partial charge in [0.2, 0.25) is 5.91 Å². The van der Waals surface area contributed by atoms with Crippen LogP contribution in [-0.4, -0.2) is 41.0 Å². The summed E-state index contributed by atoms with van der Waals surface area (Å²) in [5.74, 6) is 0.139. The highest BCUT2D eigenvalue weighted by Crippen LogP contribution is 2.27. The quantitative estimate of drug-likeness (QED) is 0.867. The molecule has 6 nitrogen and oxygen atoms in total. The van der Waals surface area contributed by atoms with Gasteiger partial charge in [0.1, 0.15) is 0 Å². The third-order valence-corrected chi connectivity index (χ3v) is 5.19. The van der Waals surface area contributed by atoms with E-state index in [4.69, 9.17) is 4.74 Å². The second-order valence-electron chi connectivity index (χ2n) is 6.70. The van der Waals surface area contributed by atoms with Gasteiger partial charge in [0.25, 0.3) is 0 Å². The summed E-state index contributed by atoms with van der Waals surface area (Å²) in [6.45, 7) is 2.92. The van der Waals surface area contributed by atoms with E-state index in [0.29, 0.717) is 18.6 Å². The third kappa shape index (κ3) is 3.93. The van der Waals surface area contributed by atoms with Gasteiger partial charge in [0.05, 0.1) is 18.3 Å². The van der Waals surface area contributed by atoms with Crippen molar-refractivity contribution in [3.63, 3.8) is 0 Å². The van der Waals surface area contributed by atoms with E-state index in [2.05, 4.69) is 22.7 Å². The van der Waals surface area contributed by atoms with Gasteiger partial charge in [-0.1, -0.05) is 0 Å². The van der Waals surface area contributed by atoms with Crippen molar-refractivity contribution in [3.8, 4) is 0 Å². The summed E-state index contributed by atoms with van der Waals surface area (Å²) < 4.78 is 7.37. The summed E-state index contributed by atoms with van der Waals surface area (Å²) in [4.78, 5) is 11.9. The molecule has 2 atom stereocenters. The summed E-state index contributed by atoms with van der Waals surface area (Å²) >= 11 is 0. The fourth-order valence-electron chi connectivity index (χ4n) is 3.78. The van der Waals surface area contributed by atoms with E-state index in [0.717, 1.165) is 44.2 Å². The van der Waals surface area contributed by atoms with Crippen molar-refractivity contribution < 1.29 is 9.53 Å². The first kappa shape index (κ1) is 16.5.